The molecule has 0 spiro atoms. The molecule has 0 radical (unpaired) electrons. The molecule has 1 N–H and O–H groups in total. The lowest BCUT2D eigenvalue weighted by Crippen LogP contribution is -2.58. The van der Waals surface area contributed by atoms with Crippen molar-refractivity contribution >= 4 is 21.2 Å². The number of rotatable bonds is 6. The van der Waals surface area contributed by atoms with Gasteiger partial charge in [0.2, 0.25) is 10.0 Å². The third-order valence-electron chi connectivity index (χ3n) is 5.08. The largest absolute Gasteiger partial charge is 0.296 e. The molecule has 0 unspecified atom stereocenters. The minimum atomic E-state index is -3.87. The van der Waals surface area contributed by atoms with Gasteiger partial charge in [0.1, 0.15) is 0 Å². The Morgan fingerprint density at radius 3 is 2.80 bits per heavy atom. The van der Waals surface area contributed by atoms with Crippen molar-refractivity contribution in [1.29, 1.82) is 5.26 Å². The van der Waals surface area contributed by atoms with Crippen LogP contribution in [0.5, 0.6) is 0 Å². The highest BCUT2D eigenvalue weighted by atomic mass is 32.2. The molecule has 0 saturated carbocycles. The van der Waals surface area contributed by atoms with Crippen molar-refractivity contribution in [2.75, 3.05) is 13.1 Å². The Morgan fingerprint density at radius 1 is 1.33 bits per heavy atom. The van der Waals surface area contributed by atoms with Gasteiger partial charge >= 0.3 is 0 Å². The number of aromatic nitrogens is 2. The van der Waals surface area contributed by atoms with Gasteiger partial charge < -0.3 is 0 Å². The molecule has 0 atom stereocenters. The number of hydrogen-bond acceptors (Lipinski definition) is 7. The smallest absolute Gasteiger partial charge is 0.270 e. The molecule has 3 aromatic rings. The van der Waals surface area contributed by atoms with E-state index in [2.05, 4.69) is 20.8 Å². The van der Waals surface area contributed by atoms with Gasteiger partial charge in [-0.3, -0.25) is 15.0 Å². The molecule has 154 valence electrons. The van der Waals surface area contributed by atoms with Crippen molar-refractivity contribution in [2.24, 2.45) is 0 Å². The minimum absolute atomic E-state index is 0.0817. The van der Waals surface area contributed by atoms with Crippen molar-refractivity contribution in [3.8, 4) is 6.07 Å². The van der Waals surface area contributed by atoms with Gasteiger partial charge in [0.25, 0.3) is 5.69 Å². The third-order valence-corrected chi connectivity index (χ3v) is 6.74. The predicted octanol–water partition coefficient (Wildman–Crippen LogP) is 1.59. The number of pyridine rings is 1. The van der Waals surface area contributed by atoms with Crippen molar-refractivity contribution in [3.05, 3.63) is 69.5 Å². The fourth-order valence-corrected chi connectivity index (χ4v) is 4.99. The molecule has 0 aliphatic carbocycles. The molecule has 30 heavy (non-hydrogen) atoms. The molecule has 1 fully saturated rings. The molecule has 2 aromatic heterocycles. The second-order valence-electron chi connectivity index (χ2n) is 7.25. The maximum atomic E-state index is 12.7. The fourth-order valence-electron chi connectivity index (χ4n) is 3.51. The Morgan fingerprint density at radius 2 is 2.10 bits per heavy atom. The number of aryl methyl sites for hydroxylation is 1. The number of non-ortho nitro benzene ring substituents is 1. The number of fused-ring (bicyclic) bond motifs is 1. The SMILES string of the molecule is Cc1ccc([N+](=O)[O-])cc1S(=O)(=O)NC1CN(Cc2cnn3ccc(C#N)cc23)C1. The average molecular weight is 426 g/mol. The van der Waals surface area contributed by atoms with Crippen LogP contribution in [0, 0.1) is 28.4 Å². The topological polar surface area (TPSA) is 134 Å². The molecule has 10 nitrogen and oxygen atoms in total. The van der Waals surface area contributed by atoms with E-state index in [-0.39, 0.29) is 16.6 Å². The highest BCUT2D eigenvalue weighted by Gasteiger charge is 2.32. The predicted molar refractivity (Wildman–Crippen MR) is 107 cm³/mol. The van der Waals surface area contributed by atoms with E-state index in [9.17, 15) is 18.5 Å². The van der Waals surface area contributed by atoms with Crippen LogP contribution < -0.4 is 4.72 Å². The molecule has 11 heteroatoms. The molecule has 1 saturated heterocycles. The van der Waals surface area contributed by atoms with Gasteiger partial charge in [-0.15, -0.1) is 0 Å². The van der Waals surface area contributed by atoms with E-state index in [1.54, 1.807) is 36.0 Å². The highest BCUT2D eigenvalue weighted by Crippen LogP contribution is 2.24. The number of nitro groups is 1. The van der Waals surface area contributed by atoms with Crippen LogP contribution in [0.15, 0.2) is 47.6 Å². The van der Waals surface area contributed by atoms with E-state index in [1.165, 1.54) is 12.1 Å². The van der Waals surface area contributed by atoms with E-state index in [1.807, 2.05) is 0 Å². The molecule has 4 rings (SSSR count). The molecule has 0 bridgehead atoms. The second-order valence-corrected chi connectivity index (χ2v) is 8.93. The van der Waals surface area contributed by atoms with Crippen molar-refractivity contribution in [3.63, 3.8) is 0 Å². The number of hydrogen-bond donors (Lipinski definition) is 1. The first-order valence-corrected chi connectivity index (χ1v) is 10.6. The Kier molecular flexibility index (Phi) is 4.98. The molecule has 1 aliphatic heterocycles. The van der Waals surface area contributed by atoms with Gasteiger partial charge in [-0.1, -0.05) is 6.07 Å². The zero-order valence-corrected chi connectivity index (χ0v) is 16.8. The van der Waals surface area contributed by atoms with E-state index < -0.39 is 14.9 Å². The molecular weight excluding hydrogens is 408 g/mol. The fraction of sp³-hybridized carbons (Fsp3) is 0.263. The Hall–Kier alpha value is -3.33. The first kappa shape index (κ1) is 20.0. The summed E-state index contributed by atoms with van der Waals surface area (Å²) in [6.45, 7) is 3.18. The highest BCUT2D eigenvalue weighted by molar-refractivity contribution is 7.89. The van der Waals surface area contributed by atoms with Crippen LogP contribution >= 0.6 is 0 Å². The molecule has 1 aromatic carbocycles. The van der Waals surface area contributed by atoms with E-state index in [0.717, 1.165) is 17.1 Å². The molecular formula is C19H18N6O4S. The average Bonchev–Trinajstić information content (AvgIpc) is 3.08. The van der Waals surface area contributed by atoms with Gasteiger partial charge in [-0.25, -0.2) is 17.7 Å². The molecule has 0 amide bonds. The van der Waals surface area contributed by atoms with Crippen molar-refractivity contribution in [2.45, 2.75) is 24.4 Å². The standard InChI is InChI=1S/C19H18N6O4S/c1-13-2-3-17(25(26)27)7-19(13)30(28,29)22-16-11-23(12-16)10-15-9-21-24-5-4-14(8-20)6-18(15)24/h2-7,9,16,22H,10-12H2,1H3. The molecule has 3 heterocycles. The van der Waals surface area contributed by atoms with Crippen LogP contribution in [0.3, 0.4) is 0 Å². The summed E-state index contributed by atoms with van der Waals surface area (Å²) >= 11 is 0. The second kappa shape index (κ2) is 7.49. The summed E-state index contributed by atoms with van der Waals surface area (Å²) in [5.41, 5.74) is 2.52. The number of nitro benzene ring substituents is 1. The number of benzene rings is 1. The summed E-state index contributed by atoms with van der Waals surface area (Å²) in [5.74, 6) is 0. The van der Waals surface area contributed by atoms with Crippen LogP contribution in [0.2, 0.25) is 0 Å². The van der Waals surface area contributed by atoms with Crippen molar-refractivity contribution < 1.29 is 13.3 Å². The van der Waals surface area contributed by atoms with Gasteiger partial charge in [-0.05, 0) is 24.6 Å². The summed E-state index contributed by atoms with van der Waals surface area (Å²) in [7, 11) is -3.87. The van der Waals surface area contributed by atoms with Crippen LogP contribution in [-0.4, -0.2) is 47.0 Å². The van der Waals surface area contributed by atoms with E-state index >= 15 is 0 Å². The number of likely N-dealkylation sites (tertiary alicyclic amines) is 1. The number of sulfonamides is 1. The first-order chi connectivity index (χ1) is 14.3. The number of nitriles is 1. The molecule has 1 aliphatic rings. The maximum Gasteiger partial charge on any atom is 0.270 e. The normalized spacial score (nSPS) is 15.1. The Labute approximate surface area is 172 Å². The summed E-state index contributed by atoms with van der Waals surface area (Å²) in [6, 6.07) is 9.08. The van der Waals surface area contributed by atoms with Crippen molar-refractivity contribution in [1.82, 2.24) is 19.2 Å². The summed E-state index contributed by atoms with van der Waals surface area (Å²) in [5, 5.41) is 24.3. The van der Waals surface area contributed by atoms with Gasteiger partial charge in [-0.2, -0.15) is 10.4 Å². The monoisotopic (exact) mass is 426 g/mol. The van der Waals surface area contributed by atoms with Gasteiger partial charge in [0.15, 0.2) is 0 Å². The summed E-state index contributed by atoms with van der Waals surface area (Å²) in [6.07, 6.45) is 3.46. The lowest BCUT2D eigenvalue weighted by atomic mass is 10.1. The maximum absolute atomic E-state index is 12.7. The Balaban J connectivity index is 1.42. The van der Waals surface area contributed by atoms with Gasteiger partial charge in [0, 0.05) is 49.6 Å². The number of nitrogens with one attached hydrogen (secondary N) is 1. The number of nitrogens with zero attached hydrogens (tertiary/aromatic N) is 5. The van der Waals surface area contributed by atoms with Crippen LogP contribution in [0.4, 0.5) is 5.69 Å². The van der Waals surface area contributed by atoms with Crippen LogP contribution in [0.25, 0.3) is 5.52 Å². The van der Waals surface area contributed by atoms with E-state index in [4.69, 9.17) is 5.26 Å². The van der Waals surface area contributed by atoms with Crippen LogP contribution in [-0.2, 0) is 16.6 Å². The lowest BCUT2D eigenvalue weighted by molar-refractivity contribution is -0.385. The van der Waals surface area contributed by atoms with E-state index in [0.29, 0.717) is 30.8 Å². The van der Waals surface area contributed by atoms with Gasteiger partial charge in [0.05, 0.1) is 33.2 Å². The van der Waals surface area contributed by atoms with Crippen LogP contribution in [0.1, 0.15) is 16.7 Å². The summed E-state index contributed by atoms with van der Waals surface area (Å²) < 4.78 is 29.7. The zero-order valence-electron chi connectivity index (χ0n) is 16.0. The zero-order chi connectivity index (χ0) is 21.5. The first-order valence-electron chi connectivity index (χ1n) is 9.13. The Bertz CT molecular complexity index is 1290. The minimum Gasteiger partial charge on any atom is -0.296 e. The quantitative estimate of drug-likeness (QED) is 0.467. The third kappa shape index (κ3) is 3.76. The summed E-state index contributed by atoms with van der Waals surface area (Å²) in [4.78, 5) is 12.3. The lowest BCUT2D eigenvalue weighted by Gasteiger charge is -2.39.